The molecule has 5 nitrogen and oxygen atoms in total. The van der Waals surface area contributed by atoms with E-state index in [0.29, 0.717) is 13.1 Å². The monoisotopic (exact) mass is 261 g/mol. The Labute approximate surface area is 104 Å². The van der Waals surface area contributed by atoms with Crippen molar-refractivity contribution in [3.8, 4) is 0 Å². The molecule has 1 aliphatic carbocycles. The second kappa shape index (κ2) is 4.84. The number of hydrogen-bond acceptors (Lipinski definition) is 4. The van der Waals surface area contributed by atoms with Gasteiger partial charge >= 0.3 is 0 Å². The Morgan fingerprint density at radius 3 is 2.18 bits per heavy atom. The van der Waals surface area contributed by atoms with Crippen molar-refractivity contribution in [2.24, 2.45) is 5.73 Å². The molecule has 2 rings (SSSR count). The van der Waals surface area contributed by atoms with Crippen LogP contribution in [0.2, 0.25) is 0 Å². The maximum Gasteiger partial charge on any atom is 0.211 e. The minimum Gasteiger partial charge on any atom is -0.325 e. The van der Waals surface area contributed by atoms with Gasteiger partial charge in [-0.25, -0.2) is 8.42 Å². The normalized spacial score (nSPS) is 26.7. The summed E-state index contributed by atoms with van der Waals surface area (Å²) in [6.07, 6.45) is 5.89. The molecule has 1 heterocycles. The van der Waals surface area contributed by atoms with Gasteiger partial charge in [-0.1, -0.05) is 0 Å². The summed E-state index contributed by atoms with van der Waals surface area (Å²) in [5, 5.41) is 0. The first kappa shape index (κ1) is 13.3. The van der Waals surface area contributed by atoms with Gasteiger partial charge in [0.05, 0.1) is 6.26 Å². The van der Waals surface area contributed by atoms with Gasteiger partial charge in [0.15, 0.2) is 0 Å². The van der Waals surface area contributed by atoms with Gasteiger partial charge in [-0.15, -0.1) is 0 Å². The van der Waals surface area contributed by atoms with Gasteiger partial charge in [0.2, 0.25) is 10.0 Å². The minimum atomic E-state index is -3.00. The molecular formula is C11H23N3O2S. The Kier molecular flexibility index (Phi) is 3.77. The van der Waals surface area contributed by atoms with Gasteiger partial charge in [-0.05, 0) is 32.2 Å². The zero-order valence-electron chi connectivity index (χ0n) is 10.6. The largest absolute Gasteiger partial charge is 0.325 e. The van der Waals surface area contributed by atoms with Crippen molar-refractivity contribution >= 4 is 10.0 Å². The quantitative estimate of drug-likeness (QED) is 0.763. The number of hydrogen-bond donors (Lipinski definition) is 1. The maximum absolute atomic E-state index is 11.4. The molecule has 1 saturated carbocycles. The Balaban J connectivity index is 1.72. The molecule has 2 N–H and O–H groups in total. The van der Waals surface area contributed by atoms with Crippen LogP contribution in [-0.2, 0) is 10.0 Å². The van der Waals surface area contributed by atoms with E-state index in [-0.39, 0.29) is 5.54 Å². The van der Waals surface area contributed by atoms with Crippen molar-refractivity contribution in [2.75, 3.05) is 39.0 Å². The Morgan fingerprint density at radius 1 is 1.18 bits per heavy atom. The van der Waals surface area contributed by atoms with E-state index in [2.05, 4.69) is 4.90 Å². The molecule has 0 amide bonds. The van der Waals surface area contributed by atoms with Crippen molar-refractivity contribution in [3.05, 3.63) is 0 Å². The molecule has 0 aromatic heterocycles. The van der Waals surface area contributed by atoms with E-state index in [1.165, 1.54) is 12.7 Å². The molecule has 1 aliphatic heterocycles. The van der Waals surface area contributed by atoms with Crippen LogP contribution in [0.1, 0.15) is 25.7 Å². The number of rotatable bonds is 4. The Bertz CT molecular complexity index is 357. The van der Waals surface area contributed by atoms with Crippen LogP contribution < -0.4 is 5.73 Å². The topological polar surface area (TPSA) is 66.6 Å². The third-order valence-corrected chi connectivity index (χ3v) is 5.38. The van der Waals surface area contributed by atoms with E-state index in [4.69, 9.17) is 5.73 Å². The van der Waals surface area contributed by atoms with E-state index in [0.717, 1.165) is 38.9 Å². The lowest BCUT2D eigenvalue weighted by Gasteiger charge is -2.41. The molecular weight excluding hydrogens is 238 g/mol. The third kappa shape index (κ3) is 3.40. The van der Waals surface area contributed by atoms with Crippen LogP contribution in [0.4, 0.5) is 0 Å². The predicted octanol–water partition coefficient (Wildman–Crippen LogP) is -0.165. The summed E-state index contributed by atoms with van der Waals surface area (Å²) in [5.41, 5.74) is 6.26. The van der Waals surface area contributed by atoms with Gasteiger partial charge in [-0.3, -0.25) is 0 Å². The fraction of sp³-hybridized carbons (Fsp3) is 1.00. The Hall–Kier alpha value is -0.170. The van der Waals surface area contributed by atoms with Crippen LogP contribution in [0.25, 0.3) is 0 Å². The molecule has 100 valence electrons. The van der Waals surface area contributed by atoms with Crippen LogP contribution in [0.5, 0.6) is 0 Å². The van der Waals surface area contributed by atoms with Gasteiger partial charge in [0.1, 0.15) is 0 Å². The van der Waals surface area contributed by atoms with Gasteiger partial charge in [0, 0.05) is 31.7 Å². The van der Waals surface area contributed by atoms with Crippen molar-refractivity contribution in [1.82, 2.24) is 9.21 Å². The summed E-state index contributed by atoms with van der Waals surface area (Å²) in [4.78, 5) is 2.33. The molecule has 0 aromatic rings. The first-order valence-corrected chi connectivity index (χ1v) is 8.20. The highest BCUT2D eigenvalue weighted by Crippen LogP contribution is 2.32. The highest BCUT2D eigenvalue weighted by atomic mass is 32.2. The summed E-state index contributed by atoms with van der Waals surface area (Å²) < 4.78 is 24.3. The lowest BCUT2D eigenvalue weighted by atomic mass is 9.75. The van der Waals surface area contributed by atoms with Gasteiger partial charge in [0.25, 0.3) is 0 Å². The fourth-order valence-corrected chi connectivity index (χ4v) is 3.37. The van der Waals surface area contributed by atoms with E-state index in [9.17, 15) is 8.42 Å². The molecule has 0 aromatic carbocycles. The lowest BCUT2D eigenvalue weighted by molar-refractivity contribution is 0.148. The summed E-state index contributed by atoms with van der Waals surface area (Å²) in [5.74, 6) is 0. The molecule has 0 unspecified atom stereocenters. The summed E-state index contributed by atoms with van der Waals surface area (Å²) >= 11 is 0. The van der Waals surface area contributed by atoms with Crippen LogP contribution >= 0.6 is 0 Å². The van der Waals surface area contributed by atoms with E-state index in [1.54, 1.807) is 4.31 Å². The second-order valence-corrected chi connectivity index (χ2v) is 7.45. The van der Waals surface area contributed by atoms with E-state index >= 15 is 0 Å². The maximum atomic E-state index is 11.4. The molecule has 17 heavy (non-hydrogen) atoms. The summed E-state index contributed by atoms with van der Waals surface area (Å²) in [6, 6.07) is 0. The Morgan fingerprint density at radius 2 is 1.76 bits per heavy atom. The SMILES string of the molecule is CS(=O)(=O)N1CCN(CCC2(N)CCC2)CC1. The fourth-order valence-electron chi connectivity index (χ4n) is 2.55. The number of sulfonamides is 1. The lowest BCUT2D eigenvalue weighted by Crippen LogP contribution is -2.52. The summed E-state index contributed by atoms with van der Waals surface area (Å²) in [6.45, 7) is 3.92. The second-order valence-electron chi connectivity index (χ2n) is 5.47. The molecule has 6 heteroatoms. The van der Waals surface area contributed by atoms with Crippen LogP contribution in [0.3, 0.4) is 0 Å². The van der Waals surface area contributed by atoms with Gasteiger partial charge < -0.3 is 10.6 Å². The van der Waals surface area contributed by atoms with Crippen molar-refractivity contribution in [1.29, 1.82) is 0 Å². The molecule has 0 atom stereocenters. The standard InChI is InChI=1S/C11H23N3O2S/c1-17(15,16)14-9-7-13(8-10-14)6-5-11(12)3-2-4-11/h2-10,12H2,1H3. The first-order valence-electron chi connectivity index (χ1n) is 6.35. The highest BCUT2D eigenvalue weighted by Gasteiger charge is 2.33. The molecule has 0 spiro atoms. The minimum absolute atomic E-state index is 0.0773. The average molecular weight is 261 g/mol. The van der Waals surface area contributed by atoms with E-state index in [1.807, 2.05) is 0 Å². The average Bonchev–Trinajstić information content (AvgIpc) is 2.23. The van der Waals surface area contributed by atoms with Gasteiger partial charge in [-0.2, -0.15) is 4.31 Å². The predicted molar refractivity (Wildman–Crippen MR) is 68.2 cm³/mol. The zero-order valence-corrected chi connectivity index (χ0v) is 11.4. The van der Waals surface area contributed by atoms with Crippen molar-refractivity contribution in [2.45, 2.75) is 31.2 Å². The first-order chi connectivity index (χ1) is 7.89. The summed E-state index contributed by atoms with van der Waals surface area (Å²) in [7, 11) is -3.00. The van der Waals surface area contributed by atoms with E-state index < -0.39 is 10.0 Å². The van der Waals surface area contributed by atoms with Crippen molar-refractivity contribution in [3.63, 3.8) is 0 Å². The smallest absolute Gasteiger partial charge is 0.211 e. The molecule has 1 saturated heterocycles. The van der Waals surface area contributed by atoms with Crippen LogP contribution in [0, 0.1) is 0 Å². The molecule has 2 aliphatic rings. The molecule has 0 bridgehead atoms. The molecule has 2 fully saturated rings. The third-order valence-electron chi connectivity index (χ3n) is 4.08. The van der Waals surface area contributed by atoms with Crippen LogP contribution in [-0.4, -0.2) is 62.1 Å². The number of nitrogens with two attached hydrogens (primary N) is 1. The number of piperazine rings is 1. The highest BCUT2D eigenvalue weighted by molar-refractivity contribution is 7.88. The molecule has 0 radical (unpaired) electrons. The number of nitrogens with zero attached hydrogens (tertiary/aromatic N) is 2. The van der Waals surface area contributed by atoms with Crippen LogP contribution in [0.15, 0.2) is 0 Å². The zero-order chi connectivity index (χ0) is 12.5. The van der Waals surface area contributed by atoms with Crippen molar-refractivity contribution < 1.29 is 8.42 Å².